The molecule has 140 valence electrons. The van der Waals surface area contributed by atoms with Crippen molar-refractivity contribution in [3.63, 3.8) is 0 Å². The summed E-state index contributed by atoms with van der Waals surface area (Å²) in [4.78, 5) is 12.5. The molecule has 27 heavy (non-hydrogen) atoms. The van der Waals surface area contributed by atoms with Crippen molar-refractivity contribution in [1.29, 1.82) is 0 Å². The molecule has 0 fully saturated rings. The molecule has 0 amide bonds. The third-order valence-electron chi connectivity index (χ3n) is 4.45. The van der Waals surface area contributed by atoms with Crippen molar-refractivity contribution in [3.05, 3.63) is 77.4 Å². The highest BCUT2D eigenvalue weighted by molar-refractivity contribution is 5.82. The molecule has 3 aromatic rings. The third-order valence-corrected chi connectivity index (χ3v) is 4.45. The van der Waals surface area contributed by atoms with E-state index in [4.69, 9.17) is 13.9 Å². The van der Waals surface area contributed by atoms with Crippen molar-refractivity contribution in [2.45, 2.75) is 32.6 Å². The van der Waals surface area contributed by atoms with Crippen LogP contribution in [0, 0.1) is 0 Å². The van der Waals surface area contributed by atoms with Gasteiger partial charge in [0.15, 0.2) is 0 Å². The van der Waals surface area contributed by atoms with Crippen LogP contribution in [0.5, 0.6) is 5.75 Å². The van der Waals surface area contributed by atoms with Crippen molar-refractivity contribution < 1.29 is 13.9 Å². The number of ether oxygens (including phenoxy) is 2. The molecule has 1 aromatic heterocycles. The van der Waals surface area contributed by atoms with Crippen LogP contribution in [0.15, 0.2) is 70.6 Å². The first-order chi connectivity index (χ1) is 13.2. The molecule has 0 saturated heterocycles. The van der Waals surface area contributed by atoms with Crippen LogP contribution in [0.4, 0.5) is 0 Å². The van der Waals surface area contributed by atoms with Crippen molar-refractivity contribution in [2.24, 2.45) is 0 Å². The molecule has 1 heterocycles. The summed E-state index contributed by atoms with van der Waals surface area (Å²) < 4.78 is 15.9. The van der Waals surface area contributed by atoms with Crippen molar-refractivity contribution >= 4 is 11.0 Å². The molecule has 0 saturated carbocycles. The summed E-state index contributed by atoms with van der Waals surface area (Å²) in [7, 11) is 0. The fraction of sp³-hybridized carbons (Fsp3) is 0.261. The molecule has 2 aromatic carbocycles. The van der Waals surface area contributed by atoms with Gasteiger partial charge in [-0.25, -0.2) is 4.79 Å². The predicted molar refractivity (Wildman–Crippen MR) is 108 cm³/mol. The Morgan fingerprint density at radius 1 is 1.07 bits per heavy atom. The molecule has 3 rings (SSSR count). The van der Waals surface area contributed by atoms with Gasteiger partial charge in [-0.3, -0.25) is 0 Å². The van der Waals surface area contributed by atoms with Gasteiger partial charge in [-0.2, -0.15) is 0 Å². The maximum Gasteiger partial charge on any atom is 0.344 e. The predicted octanol–water partition coefficient (Wildman–Crippen LogP) is 5.69. The lowest BCUT2D eigenvalue weighted by molar-refractivity contribution is 0.0807. The molecular formula is C23H24O4. The summed E-state index contributed by atoms with van der Waals surface area (Å²) in [6.07, 6.45) is 6.02. The second-order valence-corrected chi connectivity index (χ2v) is 6.40. The number of aryl methyl sites for hydroxylation is 1. The third kappa shape index (κ3) is 4.79. The lowest BCUT2D eigenvalue weighted by Crippen LogP contribution is -2.03. The topological polar surface area (TPSA) is 48.7 Å². The van der Waals surface area contributed by atoms with Gasteiger partial charge in [-0.05, 0) is 42.2 Å². The second kappa shape index (κ2) is 9.08. The van der Waals surface area contributed by atoms with Gasteiger partial charge in [0.2, 0.25) is 6.79 Å². The van der Waals surface area contributed by atoms with Crippen LogP contribution < -0.4 is 10.4 Å². The Bertz CT molecular complexity index is 954. The van der Waals surface area contributed by atoms with E-state index in [2.05, 4.69) is 25.6 Å². The highest BCUT2D eigenvalue weighted by Gasteiger charge is 2.09. The molecule has 0 radical (unpaired) electrons. The van der Waals surface area contributed by atoms with E-state index in [1.54, 1.807) is 6.07 Å². The van der Waals surface area contributed by atoms with Crippen LogP contribution in [-0.2, 0) is 11.2 Å². The van der Waals surface area contributed by atoms with E-state index in [1.165, 1.54) is 31.1 Å². The van der Waals surface area contributed by atoms with Gasteiger partial charge in [-0.1, -0.05) is 50.6 Å². The van der Waals surface area contributed by atoms with Crippen LogP contribution in [-0.4, -0.2) is 6.79 Å². The first-order valence-electron chi connectivity index (χ1n) is 9.24. The van der Waals surface area contributed by atoms with E-state index in [0.717, 1.165) is 17.4 Å². The normalized spacial score (nSPS) is 10.7. The molecular weight excluding hydrogens is 340 g/mol. The molecule has 0 unspecified atom stereocenters. The molecule has 0 N–H and O–H groups in total. The Hall–Kier alpha value is -3.01. The molecule has 4 heteroatoms. The van der Waals surface area contributed by atoms with Crippen molar-refractivity contribution in [3.8, 4) is 16.9 Å². The van der Waals surface area contributed by atoms with Crippen LogP contribution in [0.25, 0.3) is 22.1 Å². The Morgan fingerprint density at radius 2 is 1.89 bits per heavy atom. The highest BCUT2D eigenvalue weighted by Crippen LogP contribution is 2.25. The minimum atomic E-state index is -0.360. The Balaban J connectivity index is 1.82. The molecule has 0 aliphatic rings. The maximum atomic E-state index is 12.5. The van der Waals surface area contributed by atoms with E-state index in [0.29, 0.717) is 16.9 Å². The molecule has 0 aliphatic heterocycles. The minimum Gasteiger partial charge on any atom is -0.466 e. The summed E-state index contributed by atoms with van der Waals surface area (Å²) in [5, 5.41) is 0.841. The smallest absolute Gasteiger partial charge is 0.344 e. The van der Waals surface area contributed by atoms with Gasteiger partial charge in [0, 0.05) is 11.5 Å². The summed E-state index contributed by atoms with van der Waals surface area (Å²) in [5.41, 5.74) is 2.84. The lowest BCUT2D eigenvalue weighted by atomic mass is 10.0. The van der Waals surface area contributed by atoms with E-state index < -0.39 is 0 Å². The fourth-order valence-electron chi connectivity index (χ4n) is 2.96. The Labute approximate surface area is 159 Å². The van der Waals surface area contributed by atoms with Gasteiger partial charge >= 0.3 is 5.63 Å². The summed E-state index contributed by atoms with van der Waals surface area (Å²) >= 11 is 0. The quantitative estimate of drug-likeness (QED) is 0.212. The van der Waals surface area contributed by atoms with Crippen LogP contribution in [0.3, 0.4) is 0 Å². The first-order valence-corrected chi connectivity index (χ1v) is 9.24. The van der Waals surface area contributed by atoms with Crippen molar-refractivity contribution in [2.75, 3.05) is 6.79 Å². The van der Waals surface area contributed by atoms with Gasteiger partial charge in [0.05, 0.1) is 11.8 Å². The summed E-state index contributed by atoms with van der Waals surface area (Å²) in [6, 6.07) is 15.4. The highest BCUT2D eigenvalue weighted by atomic mass is 16.7. The van der Waals surface area contributed by atoms with Crippen molar-refractivity contribution in [1.82, 2.24) is 0 Å². The van der Waals surface area contributed by atoms with Gasteiger partial charge in [-0.15, -0.1) is 0 Å². The second-order valence-electron chi connectivity index (χ2n) is 6.40. The zero-order valence-electron chi connectivity index (χ0n) is 15.6. The van der Waals surface area contributed by atoms with Gasteiger partial charge < -0.3 is 13.9 Å². The number of benzene rings is 2. The monoisotopic (exact) mass is 364 g/mol. The minimum absolute atomic E-state index is 0.0575. The van der Waals surface area contributed by atoms with Crippen LogP contribution in [0.1, 0.15) is 31.7 Å². The maximum absolute atomic E-state index is 12.5. The van der Waals surface area contributed by atoms with Crippen LogP contribution in [0.2, 0.25) is 0 Å². The summed E-state index contributed by atoms with van der Waals surface area (Å²) in [6.45, 7) is 5.71. The molecule has 0 spiro atoms. The average Bonchev–Trinajstić information content (AvgIpc) is 2.68. The van der Waals surface area contributed by atoms with E-state index in [-0.39, 0.29) is 12.4 Å². The number of hydrogen-bond acceptors (Lipinski definition) is 4. The van der Waals surface area contributed by atoms with E-state index >= 15 is 0 Å². The summed E-state index contributed by atoms with van der Waals surface area (Å²) in [5.74, 6) is 0.566. The lowest BCUT2D eigenvalue weighted by Gasteiger charge is -2.07. The molecule has 0 aliphatic carbocycles. The average molecular weight is 364 g/mol. The largest absolute Gasteiger partial charge is 0.466 e. The fourth-order valence-corrected chi connectivity index (χ4v) is 2.96. The van der Waals surface area contributed by atoms with E-state index in [1.807, 2.05) is 30.3 Å². The van der Waals surface area contributed by atoms with Gasteiger partial charge in [0.25, 0.3) is 0 Å². The Morgan fingerprint density at radius 3 is 2.63 bits per heavy atom. The number of hydrogen-bond donors (Lipinski definition) is 0. The SMILES string of the molecule is C=COCOc1ccc2cc(-c3ccc(CCCCC)cc3)c(=O)oc2c1. The van der Waals surface area contributed by atoms with Gasteiger partial charge in [0.1, 0.15) is 11.3 Å². The Kier molecular flexibility index (Phi) is 6.31. The zero-order valence-corrected chi connectivity index (χ0v) is 15.6. The van der Waals surface area contributed by atoms with Crippen LogP contribution >= 0.6 is 0 Å². The number of unbranched alkanes of at least 4 members (excludes halogenated alkanes) is 2. The number of fused-ring (bicyclic) bond motifs is 1. The molecule has 0 bridgehead atoms. The molecule has 4 nitrogen and oxygen atoms in total. The first kappa shape index (κ1) is 18.8. The standard InChI is InChI=1S/C23H24O4/c1-3-5-6-7-17-8-10-18(11-9-17)21-14-19-12-13-20(26-16-25-4-2)15-22(19)27-23(21)24/h4,8-15H,2-3,5-7,16H2,1H3. The number of rotatable bonds is 9. The zero-order chi connectivity index (χ0) is 19.1. The molecule has 0 atom stereocenters. The van der Waals surface area contributed by atoms with E-state index in [9.17, 15) is 4.79 Å².